The van der Waals surface area contributed by atoms with E-state index in [2.05, 4.69) is 33.2 Å². The summed E-state index contributed by atoms with van der Waals surface area (Å²) < 4.78 is 11.1. The summed E-state index contributed by atoms with van der Waals surface area (Å²) in [4.78, 5) is 19.7. The fourth-order valence-corrected chi connectivity index (χ4v) is 4.01. The summed E-state index contributed by atoms with van der Waals surface area (Å²) in [6.07, 6.45) is 4.78. The first-order chi connectivity index (χ1) is 14.3. The molecule has 0 spiro atoms. The van der Waals surface area contributed by atoms with E-state index < -0.39 is 0 Å². The van der Waals surface area contributed by atoms with Crippen LogP contribution in [-0.4, -0.2) is 65.5 Å². The first-order valence-corrected chi connectivity index (χ1v) is 10.3. The number of hydrogen-bond donors (Lipinski definition) is 2. The molecule has 2 atom stereocenters. The average Bonchev–Trinajstić information content (AvgIpc) is 3.44. The molecule has 29 heavy (non-hydrogen) atoms. The third kappa shape index (κ3) is 3.77. The van der Waals surface area contributed by atoms with Gasteiger partial charge in [0.1, 0.15) is 17.3 Å². The third-order valence-corrected chi connectivity index (χ3v) is 5.67. The van der Waals surface area contributed by atoms with Crippen LogP contribution in [0.25, 0.3) is 22.4 Å². The van der Waals surface area contributed by atoms with Gasteiger partial charge in [0.2, 0.25) is 0 Å². The highest BCUT2D eigenvalue weighted by Gasteiger charge is 2.23. The molecule has 0 aromatic carbocycles. The lowest BCUT2D eigenvalue weighted by molar-refractivity contribution is 0.0985. The first kappa shape index (κ1) is 18.3. The predicted molar refractivity (Wildman–Crippen MR) is 112 cm³/mol. The summed E-state index contributed by atoms with van der Waals surface area (Å²) in [6.45, 7) is 6.92. The molecule has 0 saturated carbocycles. The molecule has 2 aliphatic heterocycles. The number of rotatable bonds is 5. The van der Waals surface area contributed by atoms with Gasteiger partial charge in [-0.05, 0) is 25.5 Å². The van der Waals surface area contributed by atoms with Crippen LogP contribution in [0.4, 0.5) is 11.6 Å². The zero-order valence-electron chi connectivity index (χ0n) is 16.6. The van der Waals surface area contributed by atoms with Crippen molar-refractivity contribution < 1.29 is 9.47 Å². The van der Waals surface area contributed by atoms with Crippen LogP contribution in [0.3, 0.4) is 0 Å². The van der Waals surface area contributed by atoms with Crippen molar-refractivity contribution in [3.8, 4) is 11.4 Å². The van der Waals surface area contributed by atoms with Gasteiger partial charge in [0.05, 0.1) is 25.9 Å². The molecule has 3 aromatic heterocycles. The van der Waals surface area contributed by atoms with Crippen molar-refractivity contribution >= 4 is 22.7 Å². The van der Waals surface area contributed by atoms with Gasteiger partial charge < -0.3 is 24.7 Å². The maximum absolute atomic E-state index is 5.61. The van der Waals surface area contributed by atoms with Crippen LogP contribution in [0.15, 0.2) is 30.6 Å². The van der Waals surface area contributed by atoms with E-state index >= 15 is 0 Å². The number of pyridine rings is 1. The third-order valence-electron chi connectivity index (χ3n) is 5.67. The lowest BCUT2D eigenvalue weighted by Crippen LogP contribution is -2.44. The van der Waals surface area contributed by atoms with Crippen LogP contribution >= 0.6 is 0 Å². The van der Waals surface area contributed by atoms with E-state index in [1.165, 1.54) is 0 Å². The van der Waals surface area contributed by atoms with Gasteiger partial charge >= 0.3 is 0 Å². The molecule has 2 aliphatic rings. The maximum atomic E-state index is 5.61. The van der Waals surface area contributed by atoms with E-state index in [-0.39, 0.29) is 6.04 Å². The fourth-order valence-electron chi connectivity index (χ4n) is 4.01. The van der Waals surface area contributed by atoms with E-state index in [0.717, 1.165) is 61.0 Å². The molecule has 8 heteroatoms. The molecule has 0 radical (unpaired) electrons. The van der Waals surface area contributed by atoms with Crippen molar-refractivity contribution in [2.45, 2.75) is 19.4 Å². The minimum Gasteiger partial charge on any atom is -0.381 e. The highest BCUT2D eigenvalue weighted by Crippen LogP contribution is 2.29. The van der Waals surface area contributed by atoms with E-state index in [0.29, 0.717) is 25.0 Å². The van der Waals surface area contributed by atoms with Gasteiger partial charge in [-0.2, -0.15) is 0 Å². The number of aromatic amines is 1. The van der Waals surface area contributed by atoms with Crippen LogP contribution in [0.5, 0.6) is 0 Å². The number of fused-ring (bicyclic) bond motifs is 1. The summed E-state index contributed by atoms with van der Waals surface area (Å²) >= 11 is 0. The molecule has 0 aliphatic carbocycles. The highest BCUT2D eigenvalue weighted by atomic mass is 16.5. The highest BCUT2D eigenvalue weighted by molar-refractivity contribution is 5.91. The second kappa shape index (κ2) is 7.96. The summed E-state index contributed by atoms with van der Waals surface area (Å²) in [5.41, 5.74) is 1.82. The predicted octanol–water partition coefficient (Wildman–Crippen LogP) is 2.69. The molecule has 2 fully saturated rings. The lowest BCUT2D eigenvalue weighted by Gasteiger charge is -2.34. The number of ether oxygens (including phenoxy) is 2. The average molecular weight is 394 g/mol. The summed E-state index contributed by atoms with van der Waals surface area (Å²) in [6, 6.07) is 6.32. The first-order valence-electron chi connectivity index (χ1n) is 10.3. The molecule has 5 rings (SSSR count). The Hall–Kier alpha value is -2.71. The number of anilines is 2. The number of nitrogens with zero attached hydrogens (tertiary/aromatic N) is 4. The second-order valence-electron chi connectivity index (χ2n) is 7.76. The smallest absolute Gasteiger partial charge is 0.164 e. The van der Waals surface area contributed by atoms with Gasteiger partial charge in [0, 0.05) is 55.0 Å². The van der Waals surface area contributed by atoms with Crippen LogP contribution < -0.4 is 10.2 Å². The second-order valence-corrected chi connectivity index (χ2v) is 7.76. The molecular weight excluding hydrogens is 368 g/mol. The molecule has 2 N–H and O–H groups in total. The SMILES string of the molecule is CC1COCCN1c1cc(NCC2CCOC2)nc(-c2ccnc3[nH]ccc23)n1. The Morgan fingerprint density at radius 1 is 1.21 bits per heavy atom. The topological polar surface area (TPSA) is 88.2 Å². The van der Waals surface area contributed by atoms with Crippen molar-refractivity contribution in [2.75, 3.05) is 49.7 Å². The Morgan fingerprint density at radius 3 is 3.00 bits per heavy atom. The standard InChI is InChI=1S/C21H26N6O2/c1-14-12-29-9-7-27(14)19-10-18(24-11-15-4-8-28-13-15)25-21(26-19)17-3-6-23-20-16(17)2-5-22-20/h2-3,5-6,10,14-15H,4,7-9,11-13H2,1H3,(H,22,23)(H,24,25,26). The molecule has 8 nitrogen and oxygen atoms in total. The largest absolute Gasteiger partial charge is 0.381 e. The number of hydrogen-bond acceptors (Lipinski definition) is 7. The van der Waals surface area contributed by atoms with E-state index in [1.54, 1.807) is 6.20 Å². The van der Waals surface area contributed by atoms with Gasteiger partial charge in [-0.15, -0.1) is 0 Å². The number of aromatic nitrogens is 4. The van der Waals surface area contributed by atoms with Crippen molar-refractivity contribution in [3.05, 3.63) is 30.6 Å². The normalized spacial score (nSPS) is 22.3. The van der Waals surface area contributed by atoms with Gasteiger partial charge in [-0.25, -0.2) is 15.0 Å². The van der Waals surface area contributed by atoms with Crippen LogP contribution in [-0.2, 0) is 9.47 Å². The summed E-state index contributed by atoms with van der Waals surface area (Å²) in [5, 5.41) is 4.54. The van der Waals surface area contributed by atoms with Crippen LogP contribution in [0, 0.1) is 5.92 Å². The van der Waals surface area contributed by atoms with Crippen molar-refractivity contribution in [3.63, 3.8) is 0 Å². The van der Waals surface area contributed by atoms with Gasteiger partial charge in [-0.3, -0.25) is 0 Å². The lowest BCUT2D eigenvalue weighted by atomic mass is 10.1. The molecule has 0 bridgehead atoms. The summed E-state index contributed by atoms with van der Waals surface area (Å²) in [7, 11) is 0. The van der Waals surface area contributed by atoms with E-state index in [9.17, 15) is 0 Å². The quantitative estimate of drug-likeness (QED) is 0.688. The minimum atomic E-state index is 0.271. The van der Waals surface area contributed by atoms with Crippen molar-refractivity contribution in [1.82, 2.24) is 19.9 Å². The van der Waals surface area contributed by atoms with E-state index in [4.69, 9.17) is 19.4 Å². The van der Waals surface area contributed by atoms with Crippen molar-refractivity contribution in [1.29, 1.82) is 0 Å². The monoisotopic (exact) mass is 394 g/mol. The Labute approximate surface area is 169 Å². The number of nitrogens with one attached hydrogen (secondary N) is 2. The molecule has 3 aromatic rings. The maximum Gasteiger partial charge on any atom is 0.164 e. The Bertz CT molecular complexity index is 984. The van der Waals surface area contributed by atoms with E-state index in [1.807, 2.05) is 18.3 Å². The zero-order chi connectivity index (χ0) is 19.6. The number of H-pyrrole nitrogens is 1. The van der Waals surface area contributed by atoms with Crippen LogP contribution in [0.1, 0.15) is 13.3 Å². The molecule has 152 valence electrons. The number of morpholine rings is 1. The Morgan fingerprint density at radius 2 is 2.14 bits per heavy atom. The molecule has 5 heterocycles. The van der Waals surface area contributed by atoms with Gasteiger partial charge in [0.25, 0.3) is 0 Å². The van der Waals surface area contributed by atoms with Gasteiger partial charge in [0.15, 0.2) is 5.82 Å². The van der Waals surface area contributed by atoms with Crippen molar-refractivity contribution in [2.24, 2.45) is 5.92 Å². The molecular formula is C21H26N6O2. The summed E-state index contributed by atoms with van der Waals surface area (Å²) in [5.74, 6) is 3.00. The molecule has 2 saturated heterocycles. The fraction of sp³-hybridized carbons (Fsp3) is 0.476. The molecule has 2 unspecified atom stereocenters. The van der Waals surface area contributed by atoms with Gasteiger partial charge in [-0.1, -0.05) is 0 Å². The Kier molecular flexibility index (Phi) is 5.03. The van der Waals surface area contributed by atoms with Crippen LogP contribution in [0.2, 0.25) is 0 Å². The molecule has 0 amide bonds. The Balaban J connectivity index is 1.53. The zero-order valence-corrected chi connectivity index (χ0v) is 16.6. The minimum absolute atomic E-state index is 0.271.